The van der Waals surface area contributed by atoms with E-state index in [9.17, 15) is 20.3 Å². The summed E-state index contributed by atoms with van der Waals surface area (Å²) in [7, 11) is 0. The predicted molar refractivity (Wildman–Crippen MR) is 160 cm³/mol. The van der Waals surface area contributed by atoms with Gasteiger partial charge >= 0.3 is 0 Å². The first-order valence-electron chi connectivity index (χ1n) is 15.3. The zero-order chi connectivity index (χ0) is 29.8. The molecule has 5 heteroatoms. The van der Waals surface area contributed by atoms with Gasteiger partial charge in [-0.2, -0.15) is 5.26 Å². The van der Waals surface area contributed by atoms with E-state index in [0.29, 0.717) is 24.3 Å². The number of carbonyl (C=O) groups excluding carboxylic acids is 1. The van der Waals surface area contributed by atoms with Crippen LogP contribution in [0.4, 0.5) is 0 Å². The molecule has 4 nitrogen and oxygen atoms in total. The number of alkyl halides is 1. The van der Waals surface area contributed by atoms with E-state index in [1.54, 1.807) is 6.92 Å². The molecule has 0 aliphatic heterocycles. The Kier molecular flexibility index (Phi) is 8.87. The monoisotopic (exact) mass is 561 g/mol. The number of ketones is 1. The van der Waals surface area contributed by atoms with Gasteiger partial charge in [0.2, 0.25) is 0 Å². The summed E-state index contributed by atoms with van der Waals surface area (Å²) in [4.78, 5) is 12.8. The number of Topliss-reactive ketones (excluding diaryl/α,β-unsaturated/α-hetero) is 1. The van der Waals surface area contributed by atoms with Crippen LogP contribution in [-0.2, 0) is 4.79 Å². The van der Waals surface area contributed by atoms with Crippen LogP contribution in [-0.4, -0.2) is 28.0 Å². The van der Waals surface area contributed by atoms with Crippen LogP contribution in [0.15, 0.2) is 11.3 Å². The molecule has 2 N–H and O–H groups in total. The molecule has 7 atom stereocenters. The first-order chi connectivity index (χ1) is 17.7. The Morgan fingerprint density at radius 1 is 1.15 bits per heavy atom. The van der Waals surface area contributed by atoms with Gasteiger partial charge in [-0.05, 0) is 97.7 Å². The molecule has 0 saturated heterocycles. The number of nitrogens with zero attached hydrogens (tertiary/aromatic N) is 1. The molecule has 3 aliphatic carbocycles. The van der Waals surface area contributed by atoms with Gasteiger partial charge in [0.1, 0.15) is 11.5 Å². The molecule has 0 aromatic rings. The Morgan fingerprint density at radius 3 is 2.28 bits per heavy atom. The Hall–Kier alpha value is -1.05. The van der Waals surface area contributed by atoms with Crippen LogP contribution in [0.25, 0.3) is 0 Å². The van der Waals surface area contributed by atoms with Gasteiger partial charge in [0, 0.05) is 23.1 Å². The molecule has 0 amide bonds. The highest BCUT2D eigenvalue weighted by atomic mass is 35.5. The Labute approximate surface area is 244 Å². The third-order valence-corrected chi connectivity index (χ3v) is 13.2. The Morgan fingerprint density at radius 2 is 1.77 bits per heavy atom. The van der Waals surface area contributed by atoms with Crippen LogP contribution in [0.5, 0.6) is 0 Å². The van der Waals surface area contributed by atoms with Crippen molar-refractivity contribution in [2.75, 3.05) is 5.88 Å². The molecule has 0 radical (unpaired) electrons. The fourth-order valence-electron chi connectivity index (χ4n) is 9.99. The molecular formula is C34H56ClNO3. The number of carbonyl (C=O) groups is 1. The highest BCUT2D eigenvalue weighted by Gasteiger charge is 2.63. The number of allylic oxidation sites excluding steroid dienone is 2. The SMILES string of the molecule is CC(=O)C[C@@H]1[C@@]2(C)CC(C#N)=C(O)C(C)(C)[C@@H]2CC[C@@]1(C)C(C)(C)CC[C@@]1(C(O)CCl)CCC(C)(C)CC1C. The predicted octanol–water partition coefficient (Wildman–Crippen LogP) is 9.01. The third kappa shape index (κ3) is 5.34. The van der Waals surface area contributed by atoms with Crippen LogP contribution in [0, 0.1) is 61.6 Å². The molecule has 3 rings (SSSR count). The number of nitriles is 1. The summed E-state index contributed by atoms with van der Waals surface area (Å²) in [6, 6.07) is 2.32. The number of hydrogen-bond acceptors (Lipinski definition) is 4. The molecule has 0 bridgehead atoms. The number of aliphatic hydroxyl groups excluding tert-OH is 2. The van der Waals surface area contributed by atoms with E-state index >= 15 is 0 Å². The average Bonchev–Trinajstić information content (AvgIpc) is 2.82. The van der Waals surface area contributed by atoms with Gasteiger partial charge in [-0.3, -0.25) is 0 Å². The molecule has 3 aliphatic rings. The first-order valence-corrected chi connectivity index (χ1v) is 15.8. The van der Waals surface area contributed by atoms with E-state index < -0.39 is 11.5 Å². The Bertz CT molecular complexity index is 1020. The molecule has 0 heterocycles. The molecule has 0 aromatic carbocycles. The van der Waals surface area contributed by atoms with Gasteiger partial charge in [-0.25, -0.2) is 0 Å². The lowest BCUT2D eigenvalue weighted by Crippen LogP contribution is -2.59. The summed E-state index contributed by atoms with van der Waals surface area (Å²) in [6.45, 7) is 22.2. The second-order valence-electron chi connectivity index (χ2n) is 16.4. The number of halogens is 1. The molecule has 2 saturated carbocycles. The van der Waals surface area contributed by atoms with E-state index in [-0.39, 0.29) is 56.3 Å². The fraction of sp³-hybridized carbons (Fsp3) is 0.882. The van der Waals surface area contributed by atoms with Crippen molar-refractivity contribution in [3.8, 4) is 6.07 Å². The van der Waals surface area contributed by atoms with E-state index in [1.165, 1.54) is 0 Å². The maximum absolute atomic E-state index is 12.8. The number of fused-ring (bicyclic) bond motifs is 1. The third-order valence-electron chi connectivity index (χ3n) is 12.9. The second-order valence-corrected chi connectivity index (χ2v) is 16.7. The molecule has 0 spiro atoms. The quantitative estimate of drug-likeness (QED) is 0.290. The van der Waals surface area contributed by atoms with Crippen molar-refractivity contribution in [2.45, 2.75) is 133 Å². The van der Waals surface area contributed by atoms with Crippen molar-refractivity contribution in [1.29, 1.82) is 5.26 Å². The van der Waals surface area contributed by atoms with Crippen molar-refractivity contribution in [3.63, 3.8) is 0 Å². The molecule has 2 unspecified atom stereocenters. The second kappa shape index (κ2) is 10.7. The highest BCUT2D eigenvalue weighted by molar-refractivity contribution is 6.18. The standard InChI is InChI=1S/C34H56ClNO3/c1-22-18-29(3,4)13-15-34(22,27(38)20-35)16-14-30(5,6)33(10)12-11-25-31(7,8)28(39)24(21-36)19-32(25,9)26(33)17-23(2)37/h22,25-27,38-39H,11-20H2,1-10H3/t22?,25-,26+,27?,32-,33+,34-/m0/s1. The van der Waals surface area contributed by atoms with Crippen LogP contribution in [0.3, 0.4) is 0 Å². The normalized spacial score (nSPS) is 39.0. The van der Waals surface area contributed by atoms with Crippen LogP contribution >= 0.6 is 11.6 Å². The molecule has 39 heavy (non-hydrogen) atoms. The lowest BCUT2D eigenvalue weighted by Gasteiger charge is -2.65. The van der Waals surface area contributed by atoms with Gasteiger partial charge in [-0.15, -0.1) is 11.6 Å². The lowest BCUT2D eigenvalue weighted by molar-refractivity contribution is -0.164. The van der Waals surface area contributed by atoms with Crippen molar-refractivity contribution in [2.24, 2.45) is 50.2 Å². The minimum atomic E-state index is -0.527. The average molecular weight is 562 g/mol. The summed E-state index contributed by atoms with van der Waals surface area (Å²) in [5, 5.41) is 32.4. The van der Waals surface area contributed by atoms with Crippen molar-refractivity contribution < 1.29 is 15.0 Å². The highest BCUT2D eigenvalue weighted by Crippen LogP contribution is 2.70. The summed E-state index contributed by atoms with van der Waals surface area (Å²) >= 11 is 6.34. The van der Waals surface area contributed by atoms with E-state index in [4.69, 9.17) is 11.6 Å². The molecular weight excluding hydrogens is 506 g/mol. The van der Waals surface area contributed by atoms with E-state index in [2.05, 4.69) is 68.4 Å². The summed E-state index contributed by atoms with van der Waals surface area (Å²) in [6.07, 6.45) is 7.46. The topological polar surface area (TPSA) is 81.3 Å². The summed E-state index contributed by atoms with van der Waals surface area (Å²) < 4.78 is 0. The lowest BCUT2D eigenvalue weighted by atomic mass is 9.39. The Balaban J connectivity index is 2.02. The number of hydrogen-bond donors (Lipinski definition) is 2. The maximum Gasteiger partial charge on any atom is 0.130 e. The molecule has 2 fully saturated rings. The van der Waals surface area contributed by atoms with Crippen LogP contribution < -0.4 is 0 Å². The van der Waals surface area contributed by atoms with E-state index in [0.717, 1.165) is 44.9 Å². The number of aliphatic hydroxyl groups is 2. The maximum atomic E-state index is 12.8. The minimum absolute atomic E-state index is 0.0867. The smallest absolute Gasteiger partial charge is 0.130 e. The largest absolute Gasteiger partial charge is 0.511 e. The zero-order valence-corrected chi connectivity index (χ0v) is 27.3. The molecule has 0 aromatic heterocycles. The van der Waals surface area contributed by atoms with Gasteiger partial charge in [0.15, 0.2) is 0 Å². The van der Waals surface area contributed by atoms with Crippen molar-refractivity contribution >= 4 is 17.4 Å². The fourth-order valence-corrected chi connectivity index (χ4v) is 10.3. The number of rotatable bonds is 8. The van der Waals surface area contributed by atoms with Crippen LogP contribution in [0.2, 0.25) is 0 Å². The molecule has 222 valence electrons. The van der Waals surface area contributed by atoms with Gasteiger partial charge in [0.05, 0.1) is 17.7 Å². The summed E-state index contributed by atoms with van der Waals surface area (Å²) in [5.41, 5.74) is -0.454. The van der Waals surface area contributed by atoms with Crippen LogP contribution in [0.1, 0.15) is 127 Å². The van der Waals surface area contributed by atoms with Crippen molar-refractivity contribution in [1.82, 2.24) is 0 Å². The van der Waals surface area contributed by atoms with Gasteiger partial charge in [0.25, 0.3) is 0 Å². The summed E-state index contributed by atoms with van der Waals surface area (Å²) in [5.74, 6) is 1.35. The van der Waals surface area contributed by atoms with E-state index in [1.807, 2.05) is 0 Å². The van der Waals surface area contributed by atoms with Gasteiger partial charge in [-0.1, -0.05) is 62.3 Å². The minimum Gasteiger partial charge on any atom is -0.511 e. The van der Waals surface area contributed by atoms with Crippen molar-refractivity contribution in [3.05, 3.63) is 11.3 Å². The van der Waals surface area contributed by atoms with Gasteiger partial charge < -0.3 is 15.0 Å². The first kappa shape index (κ1) is 32.5. The zero-order valence-electron chi connectivity index (χ0n) is 26.5.